The van der Waals surface area contributed by atoms with E-state index in [2.05, 4.69) is 95.8 Å². The van der Waals surface area contributed by atoms with Gasteiger partial charge in [0.25, 0.3) is 0 Å². The van der Waals surface area contributed by atoms with Crippen LogP contribution in [0.15, 0.2) is 137 Å². The normalized spacial score (nSPS) is 10.9. The van der Waals surface area contributed by atoms with E-state index in [4.69, 9.17) is 0 Å². The van der Waals surface area contributed by atoms with Gasteiger partial charge < -0.3 is 9.97 Å². The van der Waals surface area contributed by atoms with Crippen molar-refractivity contribution in [2.75, 3.05) is 0 Å². The van der Waals surface area contributed by atoms with Crippen molar-refractivity contribution in [1.82, 2.24) is 9.97 Å². The molecule has 0 N–H and O–H groups in total. The summed E-state index contributed by atoms with van der Waals surface area (Å²) in [7, 11) is 0. The molecule has 0 fully saturated rings. The molecular formula is C35H24IrN2S-2. The zero-order valence-corrected chi connectivity index (χ0v) is 24.5. The van der Waals surface area contributed by atoms with Crippen LogP contribution in [0.2, 0.25) is 0 Å². The molecule has 2 aromatic heterocycles. The Bertz CT molecular complexity index is 1660. The van der Waals surface area contributed by atoms with E-state index < -0.39 is 0 Å². The Morgan fingerprint density at radius 3 is 2.05 bits per heavy atom. The summed E-state index contributed by atoms with van der Waals surface area (Å²) < 4.78 is 0. The fraction of sp³-hybridized carbons (Fsp3) is 0.0286. The van der Waals surface area contributed by atoms with Gasteiger partial charge in [-0.3, -0.25) is 0 Å². The van der Waals surface area contributed by atoms with Gasteiger partial charge in [0.15, 0.2) is 0 Å². The Morgan fingerprint density at radius 1 is 0.590 bits per heavy atom. The van der Waals surface area contributed by atoms with Gasteiger partial charge in [0.2, 0.25) is 0 Å². The van der Waals surface area contributed by atoms with E-state index in [1.807, 2.05) is 66.5 Å². The molecule has 1 aliphatic heterocycles. The van der Waals surface area contributed by atoms with E-state index in [-0.39, 0.29) is 20.1 Å². The first kappa shape index (κ1) is 26.8. The van der Waals surface area contributed by atoms with Crippen molar-refractivity contribution in [1.29, 1.82) is 0 Å². The van der Waals surface area contributed by atoms with Crippen molar-refractivity contribution in [3.63, 3.8) is 0 Å². The molecule has 1 radical (unpaired) electrons. The summed E-state index contributed by atoms with van der Waals surface area (Å²) in [6.45, 7) is 2.10. The average molecular weight is 697 g/mol. The van der Waals surface area contributed by atoms with Crippen LogP contribution in [0.5, 0.6) is 0 Å². The minimum absolute atomic E-state index is 0. The van der Waals surface area contributed by atoms with Crippen LogP contribution >= 0.6 is 11.8 Å². The first-order valence-corrected chi connectivity index (χ1v) is 13.3. The predicted octanol–water partition coefficient (Wildman–Crippen LogP) is 9.20. The van der Waals surface area contributed by atoms with Crippen LogP contribution in [-0.2, 0) is 20.1 Å². The molecule has 0 saturated carbocycles. The minimum Gasteiger partial charge on any atom is -0.305 e. The van der Waals surface area contributed by atoms with Crippen molar-refractivity contribution in [3.8, 4) is 44.8 Å². The van der Waals surface area contributed by atoms with Gasteiger partial charge in [-0.05, 0) is 53.2 Å². The number of aromatic nitrogens is 2. The van der Waals surface area contributed by atoms with Gasteiger partial charge in [-0.2, -0.15) is 0 Å². The molecule has 0 aliphatic carbocycles. The Kier molecular flexibility index (Phi) is 8.48. The first-order chi connectivity index (χ1) is 18.8. The van der Waals surface area contributed by atoms with Crippen molar-refractivity contribution in [3.05, 3.63) is 145 Å². The third kappa shape index (κ3) is 5.79. The van der Waals surface area contributed by atoms with Gasteiger partial charge in [-0.1, -0.05) is 76.7 Å². The van der Waals surface area contributed by atoms with E-state index >= 15 is 0 Å². The summed E-state index contributed by atoms with van der Waals surface area (Å²) >= 11 is 1.82. The van der Waals surface area contributed by atoms with Crippen molar-refractivity contribution in [2.24, 2.45) is 0 Å². The molecule has 0 spiro atoms. The van der Waals surface area contributed by atoms with E-state index in [0.29, 0.717) is 0 Å². The first-order valence-electron chi connectivity index (χ1n) is 12.5. The molecule has 39 heavy (non-hydrogen) atoms. The Hall–Kier alpha value is -3.82. The molecule has 2 nitrogen and oxygen atoms in total. The molecule has 0 bridgehead atoms. The van der Waals surface area contributed by atoms with Gasteiger partial charge in [0, 0.05) is 37.4 Å². The third-order valence-electron chi connectivity index (χ3n) is 6.44. The van der Waals surface area contributed by atoms with Gasteiger partial charge in [-0.15, -0.1) is 71.4 Å². The van der Waals surface area contributed by atoms with E-state index in [1.165, 1.54) is 37.6 Å². The number of hydrogen-bond donors (Lipinski definition) is 0. The summed E-state index contributed by atoms with van der Waals surface area (Å²) in [5.74, 6) is 0. The van der Waals surface area contributed by atoms with Crippen LogP contribution in [0, 0.1) is 19.1 Å². The van der Waals surface area contributed by atoms with Crippen LogP contribution in [0.4, 0.5) is 0 Å². The van der Waals surface area contributed by atoms with Crippen LogP contribution in [0.1, 0.15) is 5.56 Å². The quantitative estimate of drug-likeness (QED) is 0.169. The van der Waals surface area contributed by atoms with Crippen LogP contribution < -0.4 is 0 Å². The number of nitrogens with zero attached hydrogens (tertiary/aromatic N) is 2. The molecule has 0 saturated heterocycles. The standard InChI is InChI=1S/C24H16NS.C11H8N.Ir/c1-16-7-6-14-25-24(16)17-12-13-23-21(15-17)19-9-3-2-8-18(19)20-10-4-5-11-22(20)26-23;1-2-6-10(7-3-1)11-8-4-5-9-12-11;/h2-11,13-15H,1H3;1-6,8-9H;/q2*-1;. The predicted molar refractivity (Wildman–Crippen MR) is 157 cm³/mol. The second kappa shape index (κ2) is 12.4. The summed E-state index contributed by atoms with van der Waals surface area (Å²) in [6.07, 6.45) is 3.64. The zero-order valence-electron chi connectivity index (χ0n) is 21.3. The van der Waals surface area contributed by atoms with Crippen LogP contribution in [-0.4, -0.2) is 9.97 Å². The molecule has 3 heterocycles. The molecule has 7 rings (SSSR count). The molecule has 191 valence electrons. The monoisotopic (exact) mass is 697 g/mol. The second-order valence-corrected chi connectivity index (χ2v) is 10.0. The maximum Gasteiger partial charge on any atom is 0.0160 e. The summed E-state index contributed by atoms with van der Waals surface area (Å²) in [5, 5.41) is 0. The number of fused-ring (bicyclic) bond motifs is 5. The van der Waals surface area contributed by atoms with Crippen molar-refractivity contribution < 1.29 is 20.1 Å². The van der Waals surface area contributed by atoms with E-state index in [9.17, 15) is 0 Å². The Morgan fingerprint density at radius 2 is 1.31 bits per heavy atom. The summed E-state index contributed by atoms with van der Waals surface area (Å²) in [4.78, 5) is 11.3. The van der Waals surface area contributed by atoms with E-state index in [1.54, 1.807) is 6.20 Å². The van der Waals surface area contributed by atoms with Crippen molar-refractivity contribution >= 4 is 11.8 Å². The van der Waals surface area contributed by atoms with Gasteiger partial charge in [-0.25, -0.2) is 0 Å². The van der Waals surface area contributed by atoms with Crippen LogP contribution in [0.25, 0.3) is 44.8 Å². The fourth-order valence-electron chi connectivity index (χ4n) is 4.60. The molecule has 0 amide bonds. The SMILES string of the molecule is Cc1cccnc1-c1[c-]cc2c(c1)-c1ccccc1-c1ccccc1S2.[Ir].[c-]1ccccc1-c1ccccn1. The largest absolute Gasteiger partial charge is 0.305 e. The number of benzene rings is 4. The second-order valence-electron chi connectivity index (χ2n) is 8.93. The number of rotatable bonds is 2. The number of hydrogen-bond acceptors (Lipinski definition) is 3. The van der Waals surface area contributed by atoms with Crippen molar-refractivity contribution in [2.45, 2.75) is 16.7 Å². The Balaban J connectivity index is 0.000000200. The van der Waals surface area contributed by atoms with E-state index in [0.717, 1.165) is 22.5 Å². The minimum atomic E-state index is 0. The zero-order chi connectivity index (χ0) is 25.7. The molecule has 0 atom stereocenters. The molecule has 1 aliphatic rings. The van der Waals surface area contributed by atoms with Crippen LogP contribution in [0.3, 0.4) is 0 Å². The smallest absolute Gasteiger partial charge is 0.0160 e. The molecule has 0 unspecified atom stereocenters. The third-order valence-corrected chi connectivity index (χ3v) is 7.58. The molecular weight excluding hydrogens is 673 g/mol. The Labute approximate surface area is 247 Å². The van der Waals surface area contributed by atoms with Gasteiger partial charge in [0.05, 0.1) is 0 Å². The molecule has 4 aromatic carbocycles. The molecule has 6 aromatic rings. The maximum atomic E-state index is 4.58. The van der Waals surface area contributed by atoms with Gasteiger partial charge >= 0.3 is 0 Å². The topological polar surface area (TPSA) is 25.8 Å². The average Bonchev–Trinajstić information content (AvgIpc) is 3.13. The summed E-state index contributed by atoms with van der Waals surface area (Å²) in [5.41, 5.74) is 10.3. The maximum absolute atomic E-state index is 4.58. The fourth-order valence-corrected chi connectivity index (χ4v) is 5.67. The van der Waals surface area contributed by atoms with Gasteiger partial charge in [0.1, 0.15) is 0 Å². The number of pyridine rings is 2. The number of aryl methyl sites for hydroxylation is 1. The summed E-state index contributed by atoms with van der Waals surface area (Å²) in [6, 6.07) is 46.0. The molecule has 4 heteroatoms.